The largest absolute Gasteiger partial charge is 0.293 e. The van der Waals surface area contributed by atoms with E-state index in [1.54, 1.807) is 30.0 Å². The molecule has 2 aromatic carbocycles. The predicted molar refractivity (Wildman–Crippen MR) is 107 cm³/mol. The van der Waals surface area contributed by atoms with Crippen LogP contribution in [0, 0.1) is 19.7 Å². The molecule has 4 rings (SSSR count). The van der Waals surface area contributed by atoms with Crippen LogP contribution in [0.2, 0.25) is 0 Å². The van der Waals surface area contributed by atoms with Crippen LogP contribution in [0.5, 0.6) is 0 Å². The zero-order valence-electron chi connectivity index (χ0n) is 15.0. The third kappa shape index (κ3) is 3.53. The minimum absolute atomic E-state index is 0.157. The van der Waals surface area contributed by atoms with Crippen molar-refractivity contribution in [2.45, 2.75) is 24.5 Å². The molecule has 2 heterocycles. The summed E-state index contributed by atoms with van der Waals surface area (Å²) in [4.78, 5) is 18.4. The second kappa shape index (κ2) is 7.04. The average Bonchev–Trinajstić information content (AvgIpc) is 2.99. The highest BCUT2D eigenvalue weighted by Gasteiger charge is 2.15. The van der Waals surface area contributed by atoms with Crippen molar-refractivity contribution in [2.24, 2.45) is 0 Å². The van der Waals surface area contributed by atoms with E-state index in [0.717, 1.165) is 21.7 Å². The highest BCUT2D eigenvalue weighted by molar-refractivity contribution is 7.98. The molecule has 4 nitrogen and oxygen atoms in total. The number of H-pyrrole nitrogens is 1. The minimum atomic E-state index is -0.295. The van der Waals surface area contributed by atoms with Gasteiger partial charge in [0.15, 0.2) is 5.65 Å². The highest BCUT2D eigenvalue weighted by atomic mass is 32.2. The Kier molecular flexibility index (Phi) is 4.58. The summed E-state index contributed by atoms with van der Waals surface area (Å²) in [6, 6.07) is 16.0. The van der Waals surface area contributed by atoms with Crippen LogP contribution in [-0.2, 0) is 5.75 Å². The summed E-state index contributed by atoms with van der Waals surface area (Å²) >= 11 is 1.64. The fourth-order valence-electron chi connectivity index (χ4n) is 3.02. The lowest BCUT2D eigenvalue weighted by Crippen LogP contribution is -2.15. The molecule has 6 heteroatoms. The number of rotatable bonds is 4. The van der Waals surface area contributed by atoms with Crippen molar-refractivity contribution >= 4 is 17.4 Å². The van der Waals surface area contributed by atoms with E-state index in [-0.39, 0.29) is 11.4 Å². The standard InChI is InChI=1S/C21H18FN3OS/c1-13-3-9-18(10-4-13)27-12-17-11-19(26)25-21(23-17)20(14(2)24-25)15-5-7-16(22)8-6-15/h3-11,24H,12H2,1-2H3. The molecule has 0 atom stereocenters. The number of aryl methyl sites for hydroxylation is 2. The molecule has 0 spiro atoms. The fourth-order valence-corrected chi connectivity index (χ4v) is 3.82. The van der Waals surface area contributed by atoms with Gasteiger partial charge >= 0.3 is 0 Å². The third-order valence-electron chi connectivity index (χ3n) is 4.39. The first-order valence-electron chi connectivity index (χ1n) is 8.58. The van der Waals surface area contributed by atoms with E-state index >= 15 is 0 Å². The second-order valence-electron chi connectivity index (χ2n) is 6.47. The van der Waals surface area contributed by atoms with Crippen molar-refractivity contribution in [1.82, 2.24) is 14.6 Å². The Morgan fingerprint density at radius 3 is 2.48 bits per heavy atom. The van der Waals surface area contributed by atoms with Gasteiger partial charge < -0.3 is 0 Å². The quantitative estimate of drug-likeness (QED) is 0.521. The molecule has 0 aliphatic rings. The molecular formula is C21H18FN3OS. The van der Waals surface area contributed by atoms with Gasteiger partial charge in [-0.3, -0.25) is 9.89 Å². The van der Waals surface area contributed by atoms with Crippen LogP contribution in [0.1, 0.15) is 17.0 Å². The Bertz CT molecular complexity index is 1160. The molecule has 0 radical (unpaired) electrons. The van der Waals surface area contributed by atoms with Crippen LogP contribution >= 0.6 is 11.8 Å². The molecule has 27 heavy (non-hydrogen) atoms. The van der Waals surface area contributed by atoms with Crippen molar-refractivity contribution in [3.63, 3.8) is 0 Å². The first-order valence-corrected chi connectivity index (χ1v) is 9.56. The van der Waals surface area contributed by atoms with Gasteiger partial charge in [0, 0.05) is 28.0 Å². The molecule has 2 aromatic heterocycles. The third-order valence-corrected chi connectivity index (χ3v) is 5.44. The maximum absolute atomic E-state index is 13.3. The Morgan fingerprint density at radius 2 is 1.78 bits per heavy atom. The van der Waals surface area contributed by atoms with Crippen molar-refractivity contribution in [2.75, 3.05) is 0 Å². The summed E-state index contributed by atoms with van der Waals surface area (Å²) < 4.78 is 14.7. The number of benzene rings is 2. The number of hydrogen-bond acceptors (Lipinski definition) is 3. The number of thioether (sulfide) groups is 1. The summed E-state index contributed by atoms with van der Waals surface area (Å²) in [5.74, 6) is 0.304. The van der Waals surface area contributed by atoms with Crippen LogP contribution in [0.4, 0.5) is 4.39 Å². The molecule has 0 aliphatic carbocycles. The van der Waals surface area contributed by atoms with Gasteiger partial charge in [-0.15, -0.1) is 11.8 Å². The summed E-state index contributed by atoms with van der Waals surface area (Å²) in [7, 11) is 0. The maximum atomic E-state index is 13.3. The summed E-state index contributed by atoms with van der Waals surface area (Å²) in [5, 5.41) is 3.06. The lowest BCUT2D eigenvalue weighted by Gasteiger charge is -2.04. The van der Waals surface area contributed by atoms with Crippen molar-refractivity contribution < 1.29 is 4.39 Å². The number of aromatic nitrogens is 3. The first-order chi connectivity index (χ1) is 13.0. The summed E-state index contributed by atoms with van der Waals surface area (Å²) in [6.45, 7) is 3.93. The molecule has 0 bridgehead atoms. The topological polar surface area (TPSA) is 50.2 Å². The van der Waals surface area contributed by atoms with Gasteiger partial charge in [-0.05, 0) is 43.7 Å². The number of nitrogens with zero attached hydrogens (tertiary/aromatic N) is 2. The smallest absolute Gasteiger partial charge is 0.272 e. The van der Waals surface area contributed by atoms with Crippen LogP contribution in [0.3, 0.4) is 0 Å². The average molecular weight is 379 g/mol. The van der Waals surface area contributed by atoms with Gasteiger partial charge in [-0.25, -0.2) is 13.9 Å². The van der Waals surface area contributed by atoms with Gasteiger partial charge in [0.2, 0.25) is 0 Å². The van der Waals surface area contributed by atoms with Gasteiger partial charge in [0.1, 0.15) is 5.82 Å². The SMILES string of the molecule is Cc1ccc(SCc2cc(=O)n3[nH]c(C)c(-c4ccc(F)cc4)c3n2)cc1. The number of fused-ring (bicyclic) bond motifs is 1. The van der Waals surface area contributed by atoms with E-state index in [1.165, 1.54) is 22.2 Å². The molecule has 0 fully saturated rings. The Labute approximate surface area is 160 Å². The van der Waals surface area contributed by atoms with Crippen LogP contribution in [-0.4, -0.2) is 14.6 Å². The molecule has 1 N–H and O–H groups in total. The molecule has 0 saturated heterocycles. The van der Waals surface area contributed by atoms with E-state index < -0.39 is 0 Å². The van der Waals surface area contributed by atoms with Crippen molar-refractivity contribution in [3.05, 3.63) is 87.7 Å². The lowest BCUT2D eigenvalue weighted by atomic mass is 10.1. The van der Waals surface area contributed by atoms with Gasteiger partial charge in [-0.2, -0.15) is 0 Å². The van der Waals surface area contributed by atoms with Crippen LogP contribution in [0.15, 0.2) is 64.3 Å². The maximum Gasteiger partial charge on any atom is 0.272 e. The first kappa shape index (κ1) is 17.5. The Balaban J connectivity index is 1.73. The Morgan fingerprint density at radius 1 is 1.07 bits per heavy atom. The molecule has 136 valence electrons. The molecule has 0 saturated carbocycles. The number of nitrogens with one attached hydrogen (secondary N) is 1. The number of halogens is 1. The van der Waals surface area contributed by atoms with Crippen LogP contribution < -0.4 is 5.56 Å². The molecule has 0 aliphatic heterocycles. The zero-order valence-corrected chi connectivity index (χ0v) is 15.8. The molecule has 0 unspecified atom stereocenters. The Hall–Kier alpha value is -2.86. The second-order valence-corrected chi connectivity index (χ2v) is 7.51. The normalized spacial score (nSPS) is 11.2. The van der Waals surface area contributed by atoms with E-state index in [4.69, 9.17) is 4.98 Å². The van der Waals surface area contributed by atoms with Crippen LogP contribution in [0.25, 0.3) is 16.8 Å². The summed E-state index contributed by atoms with van der Waals surface area (Å²) in [5.41, 5.74) is 4.78. The van der Waals surface area contributed by atoms with Crippen molar-refractivity contribution in [1.29, 1.82) is 0 Å². The number of aromatic amines is 1. The van der Waals surface area contributed by atoms with E-state index in [9.17, 15) is 9.18 Å². The van der Waals surface area contributed by atoms with E-state index in [1.807, 2.05) is 6.92 Å². The molecule has 0 amide bonds. The fraction of sp³-hybridized carbons (Fsp3) is 0.143. The molecular weight excluding hydrogens is 361 g/mol. The monoisotopic (exact) mass is 379 g/mol. The summed E-state index contributed by atoms with van der Waals surface area (Å²) in [6.07, 6.45) is 0. The van der Waals surface area contributed by atoms with Gasteiger partial charge in [0.05, 0.1) is 5.69 Å². The highest BCUT2D eigenvalue weighted by Crippen LogP contribution is 2.28. The zero-order chi connectivity index (χ0) is 19.0. The molecule has 4 aromatic rings. The number of hydrogen-bond donors (Lipinski definition) is 1. The van der Waals surface area contributed by atoms with Gasteiger partial charge in [-0.1, -0.05) is 29.8 Å². The lowest BCUT2D eigenvalue weighted by molar-refractivity contribution is 0.628. The minimum Gasteiger partial charge on any atom is -0.293 e. The van der Waals surface area contributed by atoms with Gasteiger partial charge in [0.25, 0.3) is 5.56 Å². The van der Waals surface area contributed by atoms with E-state index in [0.29, 0.717) is 17.1 Å². The predicted octanol–water partition coefficient (Wildman–Crippen LogP) is 4.74. The van der Waals surface area contributed by atoms with Crippen molar-refractivity contribution in [3.8, 4) is 11.1 Å². The van der Waals surface area contributed by atoms with E-state index in [2.05, 4.69) is 36.3 Å².